The van der Waals surface area contributed by atoms with Gasteiger partial charge in [-0.15, -0.1) is 0 Å². The maximum atomic E-state index is 13.1. The van der Waals surface area contributed by atoms with Gasteiger partial charge in [0, 0.05) is 0 Å². The lowest BCUT2D eigenvalue weighted by atomic mass is 10.2. The van der Waals surface area contributed by atoms with Crippen molar-refractivity contribution in [3.05, 3.63) is 106 Å². The minimum Gasteiger partial charge on any atom is -0.268 e. The average Bonchev–Trinajstić information content (AvgIpc) is 2.69. The molecule has 0 spiro atoms. The normalized spacial score (nSPS) is 11.3. The molecule has 0 N–H and O–H groups in total. The van der Waals surface area contributed by atoms with Crippen molar-refractivity contribution in [3.63, 3.8) is 0 Å². The van der Waals surface area contributed by atoms with E-state index in [9.17, 15) is 9.18 Å². The zero-order valence-corrected chi connectivity index (χ0v) is 14.8. The van der Waals surface area contributed by atoms with E-state index in [-0.39, 0.29) is 11.4 Å². The Balaban J connectivity index is 1.92. The first kappa shape index (κ1) is 16.9. The summed E-state index contributed by atoms with van der Waals surface area (Å²) in [6, 6.07) is 21.2. The monoisotopic (exact) mass is 356 g/mol. The number of nitrogens with zero attached hydrogens (tertiary/aromatic N) is 2. The van der Waals surface area contributed by atoms with Crippen molar-refractivity contribution in [2.45, 2.75) is 6.92 Å². The molecular weight excluding hydrogens is 339 g/mol. The van der Waals surface area contributed by atoms with Gasteiger partial charge < -0.3 is 0 Å². The Morgan fingerprint density at radius 1 is 0.889 bits per heavy atom. The van der Waals surface area contributed by atoms with Crippen molar-refractivity contribution < 1.29 is 4.39 Å². The number of aromatic nitrogens is 2. The Bertz CT molecular complexity index is 1190. The van der Waals surface area contributed by atoms with Crippen LogP contribution in [0, 0.1) is 12.7 Å². The second kappa shape index (κ2) is 7.00. The van der Waals surface area contributed by atoms with Crippen molar-refractivity contribution >= 4 is 23.1 Å². The number of fused-ring (bicyclic) bond motifs is 1. The average molecular weight is 356 g/mol. The van der Waals surface area contributed by atoms with Crippen LogP contribution in [-0.2, 0) is 0 Å². The van der Waals surface area contributed by atoms with Crippen LogP contribution in [0.1, 0.15) is 17.0 Å². The Labute approximate surface area is 156 Å². The highest BCUT2D eigenvalue weighted by Gasteiger charge is 2.10. The van der Waals surface area contributed by atoms with E-state index in [1.807, 2.05) is 55.5 Å². The summed E-state index contributed by atoms with van der Waals surface area (Å²) >= 11 is 0. The van der Waals surface area contributed by atoms with Crippen molar-refractivity contribution in [2.75, 3.05) is 0 Å². The fourth-order valence-electron chi connectivity index (χ4n) is 2.95. The van der Waals surface area contributed by atoms with E-state index in [1.54, 1.807) is 28.8 Å². The number of aryl methyl sites for hydroxylation is 1. The van der Waals surface area contributed by atoms with E-state index < -0.39 is 0 Å². The van der Waals surface area contributed by atoms with Crippen LogP contribution in [0.3, 0.4) is 0 Å². The van der Waals surface area contributed by atoms with Gasteiger partial charge in [0.15, 0.2) is 0 Å². The minimum atomic E-state index is -0.285. The predicted octanol–water partition coefficient (Wildman–Crippen LogP) is 5.00. The first-order valence-electron chi connectivity index (χ1n) is 8.64. The molecule has 0 atom stereocenters. The molecule has 4 rings (SSSR count). The Kier molecular flexibility index (Phi) is 4.38. The summed E-state index contributed by atoms with van der Waals surface area (Å²) in [5, 5.41) is 0.567. The van der Waals surface area contributed by atoms with Gasteiger partial charge in [0.25, 0.3) is 5.56 Å². The van der Waals surface area contributed by atoms with Gasteiger partial charge in [0.2, 0.25) is 0 Å². The lowest BCUT2D eigenvalue weighted by Gasteiger charge is -2.11. The van der Waals surface area contributed by atoms with Crippen LogP contribution in [0.4, 0.5) is 4.39 Å². The third-order valence-corrected chi connectivity index (χ3v) is 4.39. The molecule has 3 aromatic carbocycles. The Hall–Kier alpha value is -3.53. The molecule has 0 aliphatic carbocycles. The van der Waals surface area contributed by atoms with Crippen molar-refractivity contribution in [1.82, 2.24) is 9.55 Å². The number of rotatable bonds is 3. The molecule has 0 aliphatic rings. The van der Waals surface area contributed by atoms with Gasteiger partial charge >= 0.3 is 0 Å². The summed E-state index contributed by atoms with van der Waals surface area (Å²) in [7, 11) is 0. The molecule has 0 aliphatic heterocycles. The van der Waals surface area contributed by atoms with Gasteiger partial charge in [0.05, 0.1) is 16.6 Å². The topological polar surface area (TPSA) is 34.9 Å². The molecule has 0 saturated heterocycles. The summed E-state index contributed by atoms with van der Waals surface area (Å²) in [5.41, 5.74) is 3.22. The number of hydrogen-bond donors (Lipinski definition) is 0. The predicted molar refractivity (Wildman–Crippen MR) is 107 cm³/mol. The molecule has 4 aromatic rings. The highest BCUT2D eigenvalue weighted by atomic mass is 19.1. The molecule has 132 valence electrons. The molecule has 0 saturated carbocycles. The highest BCUT2D eigenvalue weighted by Crippen LogP contribution is 2.16. The molecule has 1 aromatic heterocycles. The van der Waals surface area contributed by atoms with E-state index in [4.69, 9.17) is 0 Å². The largest absolute Gasteiger partial charge is 0.268 e. The minimum absolute atomic E-state index is 0.122. The third kappa shape index (κ3) is 3.42. The number of para-hydroxylation sites is 1. The highest BCUT2D eigenvalue weighted by molar-refractivity contribution is 5.80. The number of hydrogen-bond acceptors (Lipinski definition) is 2. The number of benzene rings is 3. The Morgan fingerprint density at radius 2 is 1.59 bits per heavy atom. The fourth-order valence-corrected chi connectivity index (χ4v) is 2.95. The Morgan fingerprint density at radius 3 is 2.33 bits per heavy atom. The zero-order valence-electron chi connectivity index (χ0n) is 14.8. The van der Waals surface area contributed by atoms with Gasteiger partial charge in [-0.05, 0) is 55.0 Å². The van der Waals surface area contributed by atoms with Gasteiger partial charge in [-0.2, -0.15) is 0 Å². The first-order valence-corrected chi connectivity index (χ1v) is 8.64. The summed E-state index contributed by atoms with van der Waals surface area (Å²) in [6.07, 6.45) is 3.60. The van der Waals surface area contributed by atoms with E-state index in [1.165, 1.54) is 12.1 Å². The molecule has 1 heterocycles. The van der Waals surface area contributed by atoms with E-state index in [2.05, 4.69) is 4.98 Å². The van der Waals surface area contributed by atoms with Crippen molar-refractivity contribution in [3.8, 4) is 5.69 Å². The molecule has 0 amide bonds. The second-order valence-electron chi connectivity index (χ2n) is 6.35. The molecule has 27 heavy (non-hydrogen) atoms. The molecule has 4 heteroatoms. The van der Waals surface area contributed by atoms with E-state index in [0.29, 0.717) is 16.7 Å². The number of halogens is 1. The fraction of sp³-hybridized carbons (Fsp3) is 0.0435. The molecular formula is C23H17FN2O. The summed E-state index contributed by atoms with van der Waals surface area (Å²) < 4.78 is 14.7. The van der Waals surface area contributed by atoms with E-state index >= 15 is 0 Å². The maximum Gasteiger partial charge on any atom is 0.266 e. The van der Waals surface area contributed by atoms with Gasteiger partial charge in [-0.1, -0.05) is 48.0 Å². The second-order valence-corrected chi connectivity index (χ2v) is 6.35. The van der Waals surface area contributed by atoms with Gasteiger partial charge in [-0.3, -0.25) is 9.36 Å². The third-order valence-electron chi connectivity index (χ3n) is 4.39. The van der Waals surface area contributed by atoms with Crippen molar-refractivity contribution in [2.24, 2.45) is 0 Å². The molecule has 0 unspecified atom stereocenters. The standard InChI is InChI=1S/C23H17FN2O/c1-16-6-13-19(14-7-16)26-22(15-10-17-8-11-18(24)12-9-17)25-21-5-3-2-4-20(21)23(26)27/h2-15H,1H3/b15-10+. The summed E-state index contributed by atoms with van der Waals surface area (Å²) in [6.45, 7) is 2.00. The SMILES string of the molecule is Cc1ccc(-n2c(/C=C/c3ccc(F)cc3)nc3ccccc3c2=O)cc1. The van der Waals surface area contributed by atoms with Crippen LogP contribution in [-0.4, -0.2) is 9.55 Å². The molecule has 3 nitrogen and oxygen atoms in total. The van der Waals surface area contributed by atoms with Crippen LogP contribution in [0.2, 0.25) is 0 Å². The van der Waals surface area contributed by atoms with E-state index in [0.717, 1.165) is 16.8 Å². The van der Waals surface area contributed by atoms with Gasteiger partial charge in [0.1, 0.15) is 11.6 Å². The lowest BCUT2D eigenvalue weighted by molar-refractivity contribution is 0.628. The van der Waals surface area contributed by atoms with Crippen LogP contribution >= 0.6 is 0 Å². The lowest BCUT2D eigenvalue weighted by Crippen LogP contribution is -2.22. The first-order chi connectivity index (χ1) is 13.1. The van der Waals surface area contributed by atoms with Crippen LogP contribution < -0.4 is 5.56 Å². The van der Waals surface area contributed by atoms with Crippen molar-refractivity contribution in [1.29, 1.82) is 0 Å². The zero-order chi connectivity index (χ0) is 18.8. The van der Waals surface area contributed by atoms with Crippen LogP contribution in [0.15, 0.2) is 77.6 Å². The molecule has 0 bridgehead atoms. The quantitative estimate of drug-likeness (QED) is 0.517. The smallest absolute Gasteiger partial charge is 0.266 e. The molecule has 0 fully saturated rings. The van der Waals surface area contributed by atoms with Crippen LogP contribution in [0.25, 0.3) is 28.7 Å². The van der Waals surface area contributed by atoms with Gasteiger partial charge in [-0.25, -0.2) is 9.37 Å². The van der Waals surface area contributed by atoms with Crippen LogP contribution in [0.5, 0.6) is 0 Å². The summed E-state index contributed by atoms with van der Waals surface area (Å²) in [5.74, 6) is 0.236. The molecule has 0 radical (unpaired) electrons. The summed E-state index contributed by atoms with van der Waals surface area (Å²) in [4.78, 5) is 17.8. The maximum absolute atomic E-state index is 13.1.